The number of carbonyl (C=O) groups excluding carboxylic acids is 4. The van der Waals surface area contributed by atoms with Gasteiger partial charge in [-0.2, -0.15) is 87.8 Å². The van der Waals surface area contributed by atoms with Crippen molar-refractivity contribution < 1.29 is 369 Å². The summed E-state index contributed by atoms with van der Waals surface area (Å²) in [5.41, 5.74) is 0. The van der Waals surface area contributed by atoms with Gasteiger partial charge in [-0.1, -0.05) is 222 Å². The summed E-state index contributed by atoms with van der Waals surface area (Å²) in [5, 5.41) is 189. The van der Waals surface area contributed by atoms with E-state index in [2.05, 4.69) is 0 Å². The van der Waals surface area contributed by atoms with E-state index in [0.717, 1.165) is 0 Å². The second-order valence-electron chi connectivity index (χ2n) is 22.2. The average Bonchev–Trinajstić information content (AvgIpc) is 0.859. The van der Waals surface area contributed by atoms with Crippen molar-refractivity contribution in [1.29, 1.82) is 0 Å². The Morgan fingerprint density at radius 3 is 0.191 bits per heavy atom. The van der Waals surface area contributed by atoms with E-state index in [1.165, 1.54) is 0 Å². The number of halogens is 20. The number of carboxylic acids is 4. The molecule has 656 valence electrons. The Kier molecular flexibility index (Phi) is 186. The molecular weight excluding hydrogens is 2070 g/mol. The molecule has 0 aromatic carbocycles. The summed E-state index contributed by atoms with van der Waals surface area (Å²) in [5.74, 6) is -36.8. The largest absolute Gasteiger partial charge is 4.00 e. The maximum Gasteiger partial charge on any atom is 4.00 e. The summed E-state index contributed by atoms with van der Waals surface area (Å²) in [4.78, 5) is 36.3. The molecule has 0 aromatic heterocycles. The van der Waals surface area contributed by atoms with Gasteiger partial charge in [0.15, 0.2) is 0 Å². The molecule has 0 amide bonds. The molecule has 0 atom stereocenters. The first-order chi connectivity index (χ1) is 44.5. The number of alkyl halides is 20. The Balaban J connectivity index is -0.0000000284. The minimum Gasteiger partial charge on any atom is -0.852 e. The van der Waals surface area contributed by atoms with Crippen LogP contribution in [0.1, 0.15) is 222 Å². The van der Waals surface area contributed by atoms with E-state index in [4.69, 9.17) is 39.6 Å². The standard InChI is InChI=1S/4C3HF5O2.16C3H7O.2Cd.4Zr/c4*4-2(5,1(9)10)3(6,7)8;16*1-3(2)4;;;;;;/h4*(H,9,10);16*3H,1-2H3;;;;;;/q;;;;16*-1;2*+2;4*+4/p-4. The van der Waals surface area contributed by atoms with Crippen LogP contribution in [0.2, 0.25) is 0 Å². The Hall–Kier alpha value is 1.22. The smallest absolute Gasteiger partial charge is 0.852 e. The van der Waals surface area contributed by atoms with Gasteiger partial charge in [-0.05, 0) is 0 Å². The van der Waals surface area contributed by atoms with Crippen molar-refractivity contribution >= 4 is 23.9 Å². The Morgan fingerprint density at radius 2 is 0.191 bits per heavy atom. The molecule has 0 N–H and O–H groups in total. The number of carboxylic acid groups (broad SMARTS) is 4. The minimum absolute atomic E-state index is 0. The van der Waals surface area contributed by atoms with Gasteiger partial charge in [-0.3, -0.25) is 0 Å². The zero-order valence-electron chi connectivity index (χ0n) is 68.0. The molecule has 0 bridgehead atoms. The predicted octanol–water partition coefficient (Wildman–Crippen LogP) is -4.20. The van der Waals surface area contributed by atoms with Crippen molar-refractivity contribution in [3.05, 3.63) is 0 Å². The number of aliphatic carboxylic acids is 4. The van der Waals surface area contributed by atoms with E-state index >= 15 is 0 Å². The van der Waals surface area contributed by atoms with Crippen LogP contribution in [0.5, 0.6) is 0 Å². The second-order valence-corrected chi connectivity index (χ2v) is 22.2. The third-order valence-electron chi connectivity index (χ3n) is 2.45. The van der Waals surface area contributed by atoms with Crippen LogP contribution in [0.4, 0.5) is 87.8 Å². The number of rotatable bonds is 4. The molecule has 0 heterocycles. The SMILES string of the molecule is CC(C)[O-].CC(C)[O-].CC(C)[O-].CC(C)[O-].CC(C)[O-].CC(C)[O-].CC(C)[O-].CC(C)[O-].CC(C)[O-].CC(C)[O-].CC(C)[O-].CC(C)[O-].CC(C)[O-].CC(C)[O-].CC(C)[O-].CC(C)[O-].O=C([O-])C(F)(F)C(F)(F)F.O=C([O-])C(F)(F)C(F)(F)F.O=C([O-])C(F)(F)C(F)(F)F.O=C([O-])C(F)(F)C(F)(F)F.[Cd+2].[Cd+2].[Zr+4].[Zr+4].[Zr+4].[Zr+4]. The van der Waals surface area contributed by atoms with Crippen LogP contribution < -0.4 is 102 Å². The first-order valence-electron chi connectivity index (χ1n) is 29.7. The molecule has 50 heteroatoms. The van der Waals surface area contributed by atoms with E-state index in [1.54, 1.807) is 222 Å². The molecule has 0 radical (unpaired) electrons. The van der Waals surface area contributed by atoms with Gasteiger partial charge in [0.2, 0.25) is 0 Å². The first kappa shape index (κ1) is 186. The van der Waals surface area contributed by atoms with Gasteiger partial charge < -0.3 is 121 Å². The number of hydrogen-bond acceptors (Lipinski definition) is 24. The summed E-state index contributed by atoms with van der Waals surface area (Å²) in [7, 11) is 0. The third-order valence-corrected chi connectivity index (χ3v) is 2.45. The van der Waals surface area contributed by atoms with Gasteiger partial charge in [-0.15, -0.1) is 97.7 Å². The molecule has 0 aromatic rings. The second kappa shape index (κ2) is 110. The van der Waals surface area contributed by atoms with E-state index in [9.17, 15) is 170 Å². The van der Waals surface area contributed by atoms with Crippen molar-refractivity contribution in [2.45, 2.75) is 368 Å². The van der Waals surface area contributed by atoms with Gasteiger partial charge in [0.1, 0.15) is 23.9 Å². The van der Waals surface area contributed by atoms with Crippen LogP contribution in [-0.2, 0) is 179 Å². The summed E-state index contributed by atoms with van der Waals surface area (Å²) in [6.45, 7) is 51.6. The van der Waals surface area contributed by atoms with Gasteiger partial charge in [-0.25, -0.2) is 0 Å². The fraction of sp³-hybridized carbons (Fsp3) is 0.933. The quantitative estimate of drug-likeness (QED) is 0.190. The molecule has 0 aliphatic carbocycles. The third kappa shape index (κ3) is 341. The summed E-state index contributed by atoms with van der Waals surface area (Å²) in [6, 6.07) is 0. The summed E-state index contributed by atoms with van der Waals surface area (Å²) < 4.78 is 221. The summed E-state index contributed by atoms with van der Waals surface area (Å²) in [6.07, 6.45) is -31.0. The Bertz CT molecular complexity index is 1360. The molecule has 0 spiro atoms. The maximum atomic E-state index is 11.3. The van der Waals surface area contributed by atoms with Gasteiger partial charge in [0, 0.05) is 0 Å². The van der Waals surface area contributed by atoms with Crippen molar-refractivity contribution in [2.75, 3.05) is 0 Å². The van der Waals surface area contributed by atoms with Gasteiger partial charge in [0.05, 0.1) is 0 Å². The topological polar surface area (TPSA) is 529 Å². The van der Waals surface area contributed by atoms with Crippen LogP contribution in [0.3, 0.4) is 0 Å². The Labute approximate surface area is 753 Å². The number of carbonyl (C=O) groups is 4. The molecule has 24 nitrogen and oxygen atoms in total. The molecule has 0 rings (SSSR count). The van der Waals surface area contributed by atoms with E-state index in [-0.39, 0.29) is 159 Å². The van der Waals surface area contributed by atoms with Crippen molar-refractivity contribution in [1.82, 2.24) is 0 Å². The van der Waals surface area contributed by atoms with Crippen molar-refractivity contribution in [3.63, 3.8) is 0 Å². The molecule has 110 heavy (non-hydrogen) atoms. The van der Waals surface area contributed by atoms with Crippen LogP contribution in [0.25, 0.3) is 0 Å². The molecule has 0 fully saturated rings. The van der Waals surface area contributed by atoms with Crippen molar-refractivity contribution in [3.8, 4) is 0 Å². The van der Waals surface area contributed by atoms with Gasteiger partial charge in [0.25, 0.3) is 0 Å². The normalized spacial score (nSPS) is 10.1. The van der Waals surface area contributed by atoms with Crippen LogP contribution in [0, 0.1) is 0 Å². The zero-order chi connectivity index (χ0) is 91.5. The first-order valence-corrected chi connectivity index (χ1v) is 29.7. The summed E-state index contributed by atoms with van der Waals surface area (Å²) >= 11 is 0. The van der Waals surface area contributed by atoms with E-state index < -0.39 is 170 Å². The monoisotopic (exact) mass is 2180 g/mol. The maximum absolute atomic E-state index is 11.3. The molecule has 0 unspecified atom stereocenters. The minimum atomic E-state index is -6.08. The van der Waals surface area contributed by atoms with Crippen LogP contribution >= 0.6 is 0 Å². The fourth-order valence-corrected chi connectivity index (χ4v) is 0.463. The molecular formula is C60H112Cd2F20O24Zr4. The molecule has 0 saturated heterocycles. The van der Waals surface area contributed by atoms with Crippen molar-refractivity contribution in [2.24, 2.45) is 0 Å². The van der Waals surface area contributed by atoms with Gasteiger partial charge >= 0.3 is 208 Å². The van der Waals surface area contributed by atoms with Crippen LogP contribution in [0.15, 0.2) is 0 Å². The van der Waals surface area contributed by atoms with Crippen LogP contribution in [-0.4, -0.2) is 170 Å². The fourth-order valence-electron chi connectivity index (χ4n) is 0.463. The van der Waals surface area contributed by atoms with E-state index in [1.807, 2.05) is 0 Å². The zero-order valence-corrected chi connectivity index (χ0v) is 85.9. The molecule has 0 saturated carbocycles. The van der Waals surface area contributed by atoms with E-state index in [0.29, 0.717) is 0 Å². The Morgan fingerprint density at radius 1 is 0.164 bits per heavy atom. The average molecular weight is 2190 g/mol. The predicted molar refractivity (Wildman–Crippen MR) is 306 cm³/mol. The molecule has 0 aliphatic rings. The number of hydrogen-bond donors (Lipinski definition) is 0. The molecule has 0 aliphatic heterocycles.